The van der Waals surface area contributed by atoms with Gasteiger partial charge in [-0.05, 0) is 17.4 Å². The highest BCUT2D eigenvalue weighted by Gasteiger charge is 2.17. The summed E-state index contributed by atoms with van der Waals surface area (Å²) in [5.41, 5.74) is 1.24. The third-order valence-electron chi connectivity index (χ3n) is 2.85. The lowest BCUT2D eigenvalue weighted by molar-refractivity contribution is -0.121. The van der Waals surface area contributed by atoms with E-state index in [0.717, 1.165) is 0 Å². The van der Waals surface area contributed by atoms with Crippen molar-refractivity contribution in [2.75, 3.05) is 6.54 Å². The third kappa shape index (κ3) is 4.43. The zero-order chi connectivity index (χ0) is 12.8. The first-order valence-corrected chi connectivity index (χ1v) is 6.54. The number of hydrogen-bond acceptors (Lipinski definition) is 2. The Balaban J connectivity index is 2.44. The van der Waals surface area contributed by atoms with E-state index in [-0.39, 0.29) is 17.1 Å². The molecule has 1 aromatic rings. The van der Waals surface area contributed by atoms with E-state index in [2.05, 4.69) is 37.0 Å². The average molecular weight is 251 g/mol. The monoisotopic (exact) mass is 251 g/mol. The van der Waals surface area contributed by atoms with Crippen molar-refractivity contribution in [2.24, 2.45) is 5.92 Å². The maximum Gasteiger partial charge on any atom is 0.233 e. The van der Waals surface area contributed by atoms with E-state index in [1.54, 1.807) is 0 Å². The lowest BCUT2D eigenvalue weighted by atomic mass is 10.0. The Morgan fingerprint density at radius 3 is 2.35 bits per heavy atom. The summed E-state index contributed by atoms with van der Waals surface area (Å²) in [5, 5.41) is 2.72. The second-order valence-corrected chi connectivity index (χ2v) is 5.30. The highest BCUT2D eigenvalue weighted by Crippen LogP contribution is 2.14. The number of hydrogen-bond donors (Lipinski definition) is 2. The normalized spacial score (nSPS) is 14.4. The van der Waals surface area contributed by atoms with Crippen LogP contribution < -0.4 is 5.32 Å². The van der Waals surface area contributed by atoms with Gasteiger partial charge in [0.25, 0.3) is 0 Å². The Bertz CT molecular complexity index is 350. The van der Waals surface area contributed by atoms with Crippen molar-refractivity contribution in [1.29, 1.82) is 0 Å². The molecule has 0 radical (unpaired) electrons. The van der Waals surface area contributed by atoms with E-state index in [1.807, 2.05) is 32.0 Å². The van der Waals surface area contributed by atoms with Crippen molar-refractivity contribution < 1.29 is 4.79 Å². The van der Waals surface area contributed by atoms with Gasteiger partial charge in [-0.1, -0.05) is 51.1 Å². The molecule has 0 spiro atoms. The van der Waals surface area contributed by atoms with Gasteiger partial charge in [0.05, 0.1) is 5.25 Å². The molecule has 0 saturated heterocycles. The van der Waals surface area contributed by atoms with Crippen LogP contribution in [0.2, 0.25) is 0 Å². The van der Waals surface area contributed by atoms with E-state index in [0.29, 0.717) is 12.5 Å². The minimum absolute atomic E-state index is 0.0196. The Labute approximate surface area is 109 Å². The molecule has 17 heavy (non-hydrogen) atoms. The van der Waals surface area contributed by atoms with Gasteiger partial charge < -0.3 is 5.32 Å². The number of benzene rings is 1. The fraction of sp³-hybridized carbons (Fsp3) is 0.500. The predicted molar refractivity (Wildman–Crippen MR) is 75.5 cm³/mol. The molecule has 0 fully saturated rings. The van der Waals surface area contributed by atoms with Crippen LogP contribution in [0.4, 0.5) is 0 Å². The van der Waals surface area contributed by atoms with Crippen molar-refractivity contribution >= 4 is 18.5 Å². The molecule has 0 bridgehead atoms. The van der Waals surface area contributed by atoms with Crippen LogP contribution in [0, 0.1) is 5.92 Å². The van der Waals surface area contributed by atoms with E-state index in [1.165, 1.54) is 5.56 Å². The number of carbonyl (C=O) groups excluding carboxylic acids is 1. The van der Waals surface area contributed by atoms with E-state index < -0.39 is 0 Å². The van der Waals surface area contributed by atoms with Crippen LogP contribution in [-0.4, -0.2) is 17.7 Å². The van der Waals surface area contributed by atoms with E-state index in [9.17, 15) is 4.79 Å². The molecule has 2 nitrogen and oxygen atoms in total. The summed E-state index contributed by atoms with van der Waals surface area (Å²) < 4.78 is 0. The van der Waals surface area contributed by atoms with Crippen molar-refractivity contribution in [3.8, 4) is 0 Å². The molecule has 1 N–H and O–H groups in total. The fourth-order valence-electron chi connectivity index (χ4n) is 1.56. The average Bonchev–Trinajstić information content (AvgIpc) is 2.35. The lowest BCUT2D eigenvalue weighted by Gasteiger charge is -2.17. The molecule has 1 aromatic carbocycles. The highest BCUT2D eigenvalue weighted by molar-refractivity contribution is 7.81. The van der Waals surface area contributed by atoms with Crippen molar-refractivity contribution in [2.45, 2.75) is 31.9 Å². The molecule has 0 aromatic heterocycles. The third-order valence-corrected chi connectivity index (χ3v) is 3.68. The summed E-state index contributed by atoms with van der Waals surface area (Å²) in [5.74, 6) is 0.601. The molecule has 0 aliphatic carbocycles. The van der Waals surface area contributed by atoms with Gasteiger partial charge in [0.15, 0.2) is 0 Å². The van der Waals surface area contributed by atoms with Crippen molar-refractivity contribution in [3.63, 3.8) is 0 Å². The molecule has 2 unspecified atom stereocenters. The molecule has 94 valence electrons. The molecule has 0 aliphatic heterocycles. The Hall–Kier alpha value is -0.960. The first-order chi connectivity index (χ1) is 8.02. The number of amides is 1. The second kappa shape index (κ2) is 6.70. The zero-order valence-electron chi connectivity index (χ0n) is 10.7. The van der Waals surface area contributed by atoms with Gasteiger partial charge in [-0.2, -0.15) is 12.6 Å². The summed E-state index contributed by atoms with van der Waals surface area (Å²) in [6.07, 6.45) is 0. The van der Waals surface area contributed by atoms with Gasteiger partial charge in [0, 0.05) is 6.54 Å². The lowest BCUT2D eigenvalue weighted by Crippen LogP contribution is -2.36. The zero-order valence-corrected chi connectivity index (χ0v) is 11.6. The summed E-state index contributed by atoms with van der Waals surface area (Å²) >= 11 is 4.30. The molecule has 1 amide bonds. The number of rotatable bonds is 5. The molecule has 2 atom stereocenters. The molecule has 3 heteroatoms. The van der Waals surface area contributed by atoms with E-state index in [4.69, 9.17) is 0 Å². The summed E-state index contributed by atoms with van der Waals surface area (Å²) in [6.45, 7) is 6.76. The van der Waals surface area contributed by atoms with Crippen LogP contribution in [-0.2, 0) is 4.79 Å². The molecular weight excluding hydrogens is 230 g/mol. The standard InChI is InChI=1S/C14H21NOS/c1-10(2)13(17)14(16)15-9-11(3)12-7-5-4-6-8-12/h4-8,10-11,13,17H,9H2,1-3H3,(H,15,16). The fourth-order valence-corrected chi connectivity index (χ4v) is 1.65. The van der Waals surface area contributed by atoms with Gasteiger partial charge in [-0.25, -0.2) is 0 Å². The van der Waals surface area contributed by atoms with Crippen LogP contribution >= 0.6 is 12.6 Å². The quantitative estimate of drug-likeness (QED) is 0.774. The molecule has 0 saturated carbocycles. The number of carbonyl (C=O) groups is 1. The predicted octanol–water partition coefficient (Wildman–Crippen LogP) is 2.86. The van der Waals surface area contributed by atoms with Crippen LogP contribution in [0.15, 0.2) is 30.3 Å². The Morgan fingerprint density at radius 1 is 1.24 bits per heavy atom. The number of nitrogens with one attached hydrogen (secondary N) is 1. The number of thiol groups is 1. The van der Waals surface area contributed by atoms with Gasteiger partial charge in [0.1, 0.15) is 0 Å². The minimum atomic E-state index is -0.224. The molecule has 1 rings (SSSR count). The second-order valence-electron chi connectivity index (χ2n) is 4.75. The Morgan fingerprint density at radius 2 is 1.82 bits per heavy atom. The first kappa shape index (κ1) is 14.1. The SMILES string of the molecule is CC(CNC(=O)C(S)C(C)C)c1ccccc1. The summed E-state index contributed by atoms with van der Waals surface area (Å²) in [4.78, 5) is 11.7. The summed E-state index contributed by atoms with van der Waals surface area (Å²) in [6, 6.07) is 10.2. The van der Waals surface area contributed by atoms with Crippen LogP contribution in [0.25, 0.3) is 0 Å². The first-order valence-electron chi connectivity index (χ1n) is 6.03. The van der Waals surface area contributed by atoms with Crippen LogP contribution in [0.1, 0.15) is 32.3 Å². The topological polar surface area (TPSA) is 29.1 Å². The van der Waals surface area contributed by atoms with Crippen molar-refractivity contribution in [1.82, 2.24) is 5.32 Å². The molecular formula is C14H21NOS. The van der Waals surface area contributed by atoms with Gasteiger partial charge in [0.2, 0.25) is 5.91 Å². The molecule has 0 aliphatic rings. The highest BCUT2D eigenvalue weighted by atomic mass is 32.1. The van der Waals surface area contributed by atoms with Gasteiger partial charge >= 0.3 is 0 Å². The van der Waals surface area contributed by atoms with Gasteiger partial charge in [-0.15, -0.1) is 0 Å². The molecule has 0 heterocycles. The summed E-state index contributed by atoms with van der Waals surface area (Å²) in [7, 11) is 0. The smallest absolute Gasteiger partial charge is 0.233 e. The van der Waals surface area contributed by atoms with Crippen LogP contribution in [0.3, 0.4) is 0 Å². The maximum absolute atomic E-state index is 11.7. The van der Waals surface area contributed by atoms with Crippen LogP contribution in [0.5, 0.6) is 0 Å². The van der Waals surface area contributed by atoms with Gasteiger partial charge in [-0.3, -0.25) is 4.79 Å². The Kier molecular flexibility index (Phi) is 5.56. The largest absolute Gasteiger partial charge is 0.355 e. The maximum atomic E-state index is 11.7. The van der Waals surface area contributed by atoms with E-state index >= 15 is 0 Å². The van der Waals surface area contributed by atoms with Crippen molar-refractivity contribution in [3.05, 3.63) is 35.9 Å². The minimum Gasteiger partial charge on any atom is -0.355 e.